The molecule has 1 aromatic heterocycles. The van der Waals surface area contributed by atoms with Gasteiger partial charge in [0.15, 0.2) is 0 Å². The van der Waals surface area contributed by atoms with Gasteiger partial charge < -0.3 is 11.1 Å². The Kier molecular flexibility index (Phi) is 4.06. The van der Waals surface area contributed by atoms with Crippen LogP contribution in [0.4, 0.5) is 0 Å². The van der Waals surface area contributed by atoms with Crippen LogP contribution in [0.25, 0.3) is 0 Å². The number of amides is 1. The van der Waals surface area contributed by atoms with E-state index in [4.69, 9.17) is 5.73 Å². The molecule has 5 nitrogen and oxygen atoms in total. The van der Waals surface area contributed by atoms with E-state index in [1.54, 1.807) is 12.3 Å². The predicted octanol–water partition coefficient (Wildman–Crippen LogP) is 1.16. The number of carbonyl (C=O) groups is 1. The number of nitrogens with two attached hydrogens (primary N) is 1. The fourth-order valence-electron chi connectivity index (χ4n) is 1.29. The Morgan fingerprint density at radius 2 is 2.00 bits per heavy atom. The van der Waals surface area contributed by atoms with Crippen molar-refractivity contribution >= 4 is 5.91 Å². The van der Waals surface area contributed by atoms with E-state index >= 15 is 0 Å². The fraction of sp³-hybridized carbons (Fsp3) is 0.615. The SMILES string of the molecule is Cc1nccc(CNC(=O)C(C)(C)C(C)(C)N)n1. The lowest BCUT2D eigenvalue weighted by molar-refractivity contribution is -0.132. The Balaban J connectivity index is 2.67. The number of aromatic nitrogens is 2. The first kappa shape index (κ1) is 14.6. The number of nitrogens with one attached hydrogen (secondary N) is 1. The molecule has 5 heteroatoms. The van der Waals surface area contributed by atoms with Gasteiger partial charge in [0, 0.05) is 11.7 Å². The Morgan fingerprint density at radius 1 is 1.39 bits per heavy atom. The van der Waals surface area contributed by atoms with Gasteiger partial charge in [-0.2, -0.15) is 0 Å². The number of rotatable bonds is 4. The number of carbonyl (C=O) groups excluding carboxylic acids is 1. The molecule has 3 N–H and O–H groups in total. The Labute approximate surface area is 108 Å². The van der Waals surface area contributed by atoms with E-state index in [9.17, 15) is 4.79 Å². The van der Waals surface area contributed by atoms with Gasteiger partial charge in [0.05, 0.1) is 17.7 Å². The molecule has 0 radical (unpaired) electrons. The van der Waals surface area contributed by atoms with Gasteiger partial charge in [-0.1, -0.05) is 0 Å². The third-order valence-electron chi connectivity index (χ3n) is 3.44. The minimum absolute atomic E-state index is 0.0775. The summed E-state index contributed by atoms with van der Waals surface area (Å²) < 4.78 is 0. The molecule has 0 saturated carbocycles. The minimum atomic E-state index is -0.644. The van der Waals surface area contributed by atoms with Crippen LogP contribution in [-0.4, -0.2) is 21.4 Å². The molecule has 100 valence electrons. The van der Waals surface area contributed by atoms with Crippen LogP contribution in [0.1, 0.15) is 39.2 Å². The van der Waals surface area contributed by atoms with Gasteiger partial charge >= 0.3 is 0 Å². The van der Waals surface area contributed by atoms with Crippen LogP contribution >= 0.6 is 0 Å². The molecule has 18 heavy (non-hydrogen) atoms. The monoisotopic (exact) mass is 250 g/mol. The highest BCUT2D eigenvalue weighted by Crippen LogP contribution is 2.28. The predicted molar refractivity (Wildman–Crippen MR) is 70.7 cm³/mol. The lowest BCUT2D eigenvalue weighted by Crippen LogP contribution is -2.55. The van der Waals surface area contributed by atoms with Crippen LogP contribution in [0.3, 0.4) is 0 Å². The van der Waals surface area contributed by atoms with Crippen molar-refractivity contribution in [3.05, 3.63) is 23.8 Å². The summed E-state index contributed by atoms with van der Waals surface area (Å²) in [4.78, 5) is 20.4. The lowest BCUT2D eigenvalue weighted by atomic mass is 9.74. The maximum Gasteiger partial charge on any atom is 0.227 e. The summed E-state index contributed by atoms with van der Waals surface area (Å²) in [5.74, 6) is 0.617. The Hall–Kier alpha value is -1.49. The number of hydrogen-bond donors (Lipinski definition) is 2. The van der Waals surface area contributed by atoms with Crippen molar-refractivity contribution in [3.63, 3.8) is 0 Å². The first-order valence-corrected chi connectivity index (χ1v) is 6.00. The molecule has 1 amide bonds. The Morgan fingerprint density at radius 3 is 2.50 bits per heavy atom. The molecule has 0 unspecified atom stereocenters. The van der Waals surface area contributed by atoms with Gasteiger partial charge in [-0.05, 0) is 40.7 Å². The highest BCUT2D eigenvalue weighted by atomic mass is 16.2. The molecule has 0 aliphatic rings. The largest absolute Gasteiger partial charge is 0.350 e. The molecular weight excluding hydrogens is 228 g/mol. The maximum absolute atomic E-state index is 12.1. The quantitative estimate of drug-likeness (QED) is 0.840. The van der Waals surface area contributed by atoms with E-state index in [0.29, 0.717) is 12.4 Å². The molecule has 0 aliphatic heterocycles. The standard InChI is InChI=1S/C13H22N4O/c1-9-15-7-6-10(17-9)8-16-11(18)12(2,3)13(4,5)14/h6-7H,8,14H2,1-5H3,(H,16,18). The molecule has 0 aromatic carbocycles. The van der Waals surface area contributed by atoms with Crippen molar-refractivity contribution in [3.8, 4) is 0 Å². The van der Waals surface area contributed by atoms with E-state index in [-0.39, 0.29) is 5.91 Å². The number of aryl methyl sites for hydroxylation is 1. The summed E-state index contributed by atoms with van der Waals surface area (Å²) in [6.45, 7) is 9.59. The van der Waals surface area contributed by atoms with E-state index in [1.165, 1.54) is 0 Å². The second-order valence-electron chi connectivity index (χ2n) is 5.62. The summed E-state index contributed by atoms with van der Waals surface area (Å²) in [5.41, 5.74) is 5.59. The average molecular weight is 250 g/mol. The van der Waals surface area contributed by atoms with E-state index in [2.05, 4.69) is 15.3 Å². The first-order valence-electron chi connectivity index (χ1n) is 6.00. The zero-order valence-electron chi connectivity index (χ0n) is 11.7. The molecular formula is C13H22N4O. The topological polar surface area (TPSA) is 80.9 Å². The van der Waals surface area contributed by atoms with Crippen LogP contribution in [0.15, 0.2) is 12.3 Å². The van der Waals surface area contributed by atoms with E-state index < -0.39 is 11.0 Å². The third-order valence-corrected chi connectivity index (χ3v) is 3.44. The van der Waals surface area contributed by atoms with Gasteiger partial charge in [0.2, 0.25) is 5.91 Å². The van der Waals surface area contributed by atoms with Crippen molar-refractivity contribution in [2.75, 3.05) is 0 Å². The average Bonchev–Trinajstić information content (AvgIpc) is 2.24. The number of nitrogens with zero attached hydrogens (tertiary/aromatic N) is 2. The first-order chi connectivity index (χ1) is 8.14. The maximum atomic E-state index is 12.1. The van der Waals surface area contributed by atoms with Crippen LogP contribution < -0.4 is 11.1 Å². The molecule has 0 atom stereocenters. The van der Waals surface area contributed by atoms with Crippen molar-refractivity contribution in [2.24, 2.45) is 11.1 Å². The summed E-state index contributed by atoms with van der Waals surface area (Å²) >= 11 is 0. The van der Waals surface area contributed by atoms with Crippen molar-refractivity contribution in [2.45, 2.75) is 46.7 Å². The van der Waals surface area contributed by atoms with Crippen LogP contribution in [0, 0.1) is 12.3 Å². The summed E-state index contributed by atoms with van der Waals surface area (Å²) in [6.07, 6.45) is 1.68. The molecule has 1 aromatic rings. The van der Waals surface area contributed by atoms with E-state index in [1.807, 2.05) is 34.6 Å². The molecule has 1 rings (SSSR count). The fourth-order valence-corrected chi connectivity index (χ4v) is 1.29. The van der Waals surface area contributed by atoms with Gasteiger partial charge in [0.25, 0.3) is 0 Å². The van der Waals surface area contributed by atoms with Crippen LogP contribution in [-0.2, 0) is 11.3 Å². The molecule has 0 aliphatic carbocycles. The summed E-state index contributed by atoms with van der Waals surface area (Å²) in [5, 5.41) is 2.86. The smallest absolute Gasteiger partial charge is 0.227 e. The lowest BCUT2D eigenvalue weighted by Gasteiger charge is -2.36. The second kappa shape index (κ2) is 5.02. The molecule has 0 bridgehead atoms. The normalized spacial score (nSPS) is 12.3. The van der Waals surface area contributed by atoms with Crippen LogP contribution in [0.2, 0.25) is 0 Å². The van der Waals surface area contributed by atoms with E-state index in [0.717, 1.165) is 5.69 Å². The molecule has 0 saturated heterocycles. The van der Waals surface area contributed by atoms with Gasteiger partial charge in [-0.15, -0.1) is 0 Å². The zero-order valence-corrected chi connectivity index (χ0v) is 11.7. The third kappa shape index (κ3) is 3.26. The Bertz CT molecular complexity index is 435. The molecule has 0 fully saturated rings. The van der Waals surface area contributed by atoms with Crippen molar-refractivity contribution in [1.29, 1.82) is 0 Å². The highest BCUT2D eigenvalue weighted by molar-refractivity contribution is 5.83. The van der Waals surface area contributed by atoms with Crippen molar-refractivity contribution < 1.29 is 4.79 Å². The summed E-state index contributed by atoms with van der Waals surface area (Å²) in [6, 6.07) is 1.79. The molecule has 1 heterocycles. The van der Waals surface area contributed by atoms with Crippen molar-refractivity contribution in [1.82, 2.24) is 15.3 Å². The second-order valence-corrected chi connectivity index (χ2v) is 5.62. The van der Waals surface area contributed by atoms with Gasteiger partial charge in [0.1, 0.15) is 5.82 Å². The summed E-state index contributed by atoms with van der Waals surface area (Å²) in [7, 11) is 0. The van der Waals surface area contributed by atoms with Crippen LogP contribution in [0.5, 0.6) is 0 Å². The zero-order chi connectivity index (χ0) is 14.0. The number of hydrogen-bond acceptors (Lipinski definition) is 4. The molecule has 0 spiro atoms. The van der Waals surface area contributed by atoms with Gasteiger partial charge in [-0.25, -0.2) is 9.97 Å². The highest BCUT2D eigenvalue weighted by Gasteiger charge is 2.40. The minimum Gasteiger partial charge on any atom is -0.350 e. The van der Waals surface area contributed by atoms with Gasteiger partial charge in [-0.3, -0.25) is 4.79 Å².